The number of ether oxygens (including phenoxy) is 1. The third kappa shape index (κ3) is 3.04. The predicted octanol–water partition coefficient (Wildman–Crippen LogP) is 0.923. The van der Waals surface area contributed by atoms with Crippen molar-refractivity contribution in [2.24, 2.45) is 0 Å². The van der Waals surface area contributed by atoms with E-state index in [0.717, 1.165) is 5.75 Å². The van der Waals surface area contributed by atoms with E-state index in [1.807, 2.05) is 31.2 Å². The van der Waals surface area contributed by atoms with Gasteiger partial charge in [-0.25, -0.2) is 0 Å². The lowest BCUT2D eigenvalue weighted by Crippen LogP contribution is -2.09. The van der Waals surface area contributed by atoms with Crippen molar-refractivity contribution in [1.29, 1.82) is 0 Å². The molecule has 0 saturated heterocycles. The summed E-state index contributed by atoms with van der Waals surface area (Å²) in [6, 6.07) is 7.68. The maximum atomic E-state index is 5.49. The van der Waals surface area contributed by atoms with Gasteiger partial charge in [-0.2, -0.15) is 15.0 Å². The van der Waals surface area contributed by atoms with E-state index < -0.39 is 0 Å². The third-order valence-corrected chi connectivity index (χ3v) is 2.11. The minimum atomic E-state index is 0.0972. The van der Waals surface area contributed by atoms with Crippen molar-refractivity contribution >= 4 is 11.9 Å². The van der Waals surface area contributed by atoms with E-state index in [4.69, 9.17) is 16.2 Å². The van der Waals surface area contributed by atoms with E-state index in [0.29, 0.717) is 5.82 Å². The van der Waals surface area contributed by atoms with E-state index in [2.05, 4.69) is 15.0 Å². The molecule has 0 aliphatic heterocycles. The minimum Gasteiger partial charge on any atom is -0.486 e. The predicted molar refractivity (Wildman–Crippen MR) is 64.2 cm³/mol. The summed E-state index contributed by atoms with van der Waals surface area (Å²) in [5, 5.41) is 0. The highest BCUT2D eigenvalue weighted by atomic mass is 16.5. The molecule has 1 aromatic carbocycles. The molecule has 88 valence electrons. The van der Waals surface area contributed by atoms with Crippen LogP contribution in [0.4, 0.5) is 11.9 Å². The Hall–Kier alpha value is -2.37. The van der Waals surface area contributed by atoms with Crippen LogP contribution in [0.15, 0.2) is 24.3 Å². The molecule has 1 aromatic heterocycles. The van der Waals surface area contributed by atoms with E-state index in [9.17, 15) is 0 Å². The van der Waals surface area contributed by atoms with Gasteiger partial charge in [0.05, 0.1) is 0 Å². The highest BCUT2D eigenvalue weighted by Gasteiger charge is 2.02. The maximum Gasteiger partial charge on any atom is 0.225 e. The van der Waals surface area contributed by atoms with Gasteiger partial charge in [-0.1, -0.05) is 17.7 Å². The smallest absolute Gasteiger partial charge is 0.225 e. The van der Waals surface area contributed by atoms with Crippen LogP contribution in [0, 0.1) is 6.92 Å². The van der Waals surface area contributed by atoms with Crippen LogP contribution in [0.1, 0.15) is 11.4 Å². The maximum absolute atomic E-state index is 5.49. The van der Waals surface area contributed by atoms with E-state index >= 15 is 0 Å². The number of nitrogen functional groups attached to an aromatic ring is 2. The van der Waals surface area contributed by atoms with Crippen molar-refractivity contribution in [1.82, 2.24) is 15.0 Å². The quantitative estimate of drug-likeness (QED) is 0.814. The first-order valence-electron chi connectivity index (χ1n) is 5.09. The van der Waals surface area contributed by atoms with Crippen molar-refractivity contribution in [3.8, 4) is 5.75 Å². The van der Waals surface area contributed by atoms with Gasteiger partial charge in [0.1, 0.15) is 12.4 Å². The monoisotopic (exact) mass is 231 g/mol. The Bertz CT molecular complexity index is 492. The number of nitrogens with two attached hydrogens (primary N) is 2. The van der Waals surface area contributed by atoms with Crippen LogP contribution in [-0.2, 0) is 6.61 Å². The fourth-order valence-electron chi connectivity index (χ4n) is 1.30. The Labute approximate surface area is 98.7 Å². The first-order valence-corrected chi connectivity index (χ1v) is 5.09. The Morgan fingerprint density at radius 2 is 1.59 bits per heavy atom. The molecule has 0 spiro atoms. The lowest BCUT2D eigenvalue weighted by Gasteiger charge is -2.06. The fourth-order valence-corrected chi connectivity index (χ4v) is 1.30. The molecule has 1 heterocycles. The zero-order valence-corrected chi connectivity index (χ0v) is 9.42. The van der Waals surface area contributed by atoms with Crippen LogP contribution in [0.2, 0.25) is 0 Å². The van der Waals surface area contributed by atoms with E-state index in [-0.39, 0.29) is 18.5 Å². The molecule has 0 aliphatic rings. The molecule has 0 unspecified atom stereocenters. The van der Waals surface area contributed by atoms with Gasteiger partial charge >= 0.3 is 0 Å². The molecule has 2 rings (SSSR count). The molecule has 0 saturated carbocycles. The number of aromatic nitrogens is 3. The molecule has 4 N–H and O–H groups in total. The highest BCUT2D eigenvalue weighted by molar-refractivity contribution is 5.27. The first-order chi connectivity index (χ1) is 8.13. The Balaban J connectivity index is 2.04. The summed E-state index contributed by atoms with van der Waals surface area (Å²) < 4.78 is 5.49. The topological polar surface area (TPSA) is 99.9 Å². The van der Waals surface area contributed by atoms with Gasteiger partial charge in [-0.15, -0.1) is 0 Å². The van der Waals surface area contributed by atoms with Crippen LogP contribution in [0.25, 0.3) is 0 Å². The summed E-state index contributed by atoms with van der Waals surface area (Å²) in [6.45, 7) is 2.22. The Morgan fingerprint density at radius 3 is 2.18 bits per heavy atom. The molecule has 6 nitrogen and oxygen atoms in total. The second-order valence-corrected chi connectivity index (χ2v) is 3.57. The lowest BCUT2D eigenvalue weighted by atomic mass is 10.2. The number of aryl methyl sites for hydroxylation is 1. The largest absolute Gasteiger partial charge is 0.486 e. The standard InChI is InChI=1S/C11H13N5O/c1-7-2-4-8(5-3-7)17-6-9-14-10(12)16-11(13)15-9/h2-5H,6H2,1H3,(H4,12,13,14,15,16). The zero-order valence-electron chi connectivity index (χ0n) is 9.42. The summed E-state index contributed by atoms with van der Waals surface area (Å²) in [5.74, 6) is 1.35. The molecule has 2 aromatic rings. The third-order valence-electron chi connectivity index (χ3n) is 2.11. The average molecular weight is 231 g/mol. The first kappa shape index (κ1) is 11.1. The van der Waals surface area contributed by atoms with Gasteiger partial charge in [0.2, 0.25) is 11.9 Å². The fraction of sp³-hybridized carbons (Fsp3) is 0.182. The highest BCUT2D eigenvalue weighted by Crippen LogP contribution is 2.12. The summed E-state index contributed by atoms with van der Waals surface area (Å²) in [5.41, 5.74) is 12.1. The number of hydrogen-bond acceptors (Lipinski definition) is 6. The van der Waals surface area contributed by atoms with Crippen LogP contribution >= 0.6 is 0 Å². The SMILES string of the molecule is Cc1ccc(OCc2nc(N)nc(N)n2)cc1. The van der Waals surface area contributed by atoms with Gasteiger partial charge in [-0.3, -0.25) is 0 Å². The molecule has 17 heavy (non-hydrogen) atoms. The molecule has 0 aliphatic carbocycles. The van der Waals surface area contributed by atoms with E-state index in [1.165, 1.54) is 5.56 Å². The molecule has 0 fully saturated rings. The Morgan fingerprint density at radius 1 is 1.00 bits per heavy atom. The number of nitrogens with zero attached hydrogens (tertiary/aromatic N) is 3. The summed E-state index contributed by atoms with van der Waals surface area (Å²) in [4.78, 5) is 11.5. The van der Waals surface area contributed by atoms with Crippen molar-refractivity contribution in [2.75, 3.05) is 11.5 Å². The van der Waals surface area contributed by atoms with Crippen molar-refractivity contribution in [2.45, 2.75) is 13.5 Å². The normalized spacial score (nSPS) is 10.2. The van der Waals surface area contributed by atoms with Gasteiger partial charge in [0, 0.05) is 0 Å². The molecule has 0 bridgehead atoms. The van der Waals surface area contributed by atoms with Crippen LogP contribution in [0.5, 0.6) is 5.75 Å². The van der Waals surface area contributed by atoms with E-state index in [1.54, 1.807) is 0 Å². The van der Waals surface area contributed by atoms with Crippen molar-refractivity contribution in [3.63, 3.8) is 0 Å². The van der Waals surface area contributed by atoms with Crippen LogP contribution < -0.4 is 16.2 Å². The molecular formula is C11H13N5O. The van der Waals surface area contributed by atoms with Gasteiger partial charge < -0.3 is 16.2 Å². The molecule has 0 amide bonds. The Kier molecular flexibility index (Phi) is 3.04. The number of rotatable bonds is 3. The average Bonchev–Trinajstić information content (AvgIpc) is 2.27. The molecular weight excluding hydrogens is 218 g/mol. The molecule has 0 radical (unpaired) electrons. The zero-order chi connectivity index (χ0) is 12.3. The second-order valence-electron chi connectivity index (χ2n) is 3.57. The van der Waals surface area contributed by atoms with Crippen molar-refractivity contribution < 1.29 is 4.74 Å². The lowest BCUT2D eigenvalue weighted by molar-refractivity contribution is 0.296. The molecule has 6 heteroatoms. The summed E-state index contributed by atoms with van der Waals surface area (Å²) in [7, 11) is 0. The number of anilines is 2. The van der Waals surface area contributed by atoms with Crippen LogP contribution in [0.3, 0.4) is 0 Å². The number of benzene rings is 1. The summed E-state index contributed by atoms with van der Waals surface area (Å²) >= 11 is 0. The minimum absolute atomic E-state index is 0.0972. The number of hydrogen-bond donors (Lipinski definition) is 2. The van der Waals surface area contributed by atoms with Crippen molar-refractivity contribution in [3.05, 3.63) is 35.7 Å². The molecule has 0 atom stereocenters. The van der Waals surface area contributed by atoms with Gasteiger partial charge in [-0.05, 0) is 19.1 Å². The summed E-state index contributed by atoms with van der Waals surface area (Å²) in [6.07, 6.45) is 0. The van der Waals surface area contributed by atoms with Gasteiger partial charge in [0.25, 0.3) is 0 Å². The second kappa shape index (κ2) is 4.65. The van der Waals surface area contributed by atoms with Crippen LogP contribution in [-0.4, -0.2) is 15.0 Å². The van der Waals surface area contributed by atoms with Gasteiger partial charge in [0.15, 0.2) is 5.82 Å².